The summed E-state index contributed by atoms with van der Waals surface area (Å²) < 4.78 is 39.8. The fourth-order valence-electron chi connectivity index (χ4n) is 4.59. The van der Waals surface area contributed by atoms with Crippen LogP contribution in [0.2, 0.25) is 0 Å². The van der Waals surface area contributed by atoms with E-state index in [0.29, 0.717) is 56.7 Å². The van der Waals surface area contributed by atoms with Gasteiger partial charge in [-0.05, 0) is 68.5 Å². The van der Waals surface area contributed by atoms with E-state index in [1.807, 2.05) is 18.2 Å². The summed E-state index contributed by atoms with van der Waals surface area (Å²) >= 11 is 0. The second-order valence-electron chi connectivity index (χ2n) is 9.70. The highest BCUT2D eigenvalue weighted by molar-refractivity contribution is 7.85. The van der Waals surface area contributed by atoms with Crippen molar-refractivity contribution in [3.8, 4) is 11.5 Å². The van der Waals surface area contributed by atoms with Crippen LogP contribution >= 0.6 is 0 Å². The van der Waals surface area contributed by atoms with E-state index >= 15 is 0 Å². The van der Waals surface area contributed by atoms with Gasteiger partial charge in [-0.15, -0.1) is 0 Å². The Kier molecular flexibility index (Phi) is 13.5. The number of hydrogen-bond acceptors (Lipinski definition) is 9. The number of carbonyl (C=O) groups excluding carboxylic acids is 2. The van der Waals surface area contributed by atoms with Crippen molar-refractivity contribution in [1.29, 1.82) is 0 Å². The van der Waals surface area contributed by atoms with Crippen LogP contribution in [-0.2, 0) is 26.1 Å². The van der Waals surface area contributed by atoms with Crippen molar-refractivity contribution in [3.63, 3.8) is 0 Å². The Morgan fingerprint density at radius 1 is 1.02 bits per heavy atom. The highest BCUT2D eigenvalue weighted by Gasteiger charge is 2.48. The average molecular weight is 594 g/mol. The predicted octanol–water partition coefficient (Wildman–Crippen LogP) is 1.09. The van der Waals surface area contributed by atoms with Gasteiger partial charge >= 0.3 is 7.12 Å². The first-order valence-electron chi connectivity index (χ1n) is 13.4. The van der Waals surface area contributed by atoms with Gasteiger partial charge in [-0.25, -0.2) is 0 Å². The van der Waals surface area contributed by atoms with Crippen molar-refractivity contribution in [3.05, 3.63) is 54.1 Å². The minimum absolute atomic E-state index is 0.0741. The van der Waals surface area contributed by atoms with Gasteiger partial charge in [-0.3, -0.25) is 14.1 Å². The number of methoxy groups -OCH3 is 2. The van der Waals surface area contributed by atoms with Gasteiger partial charge in [0.15, 0.2) is 11.5 Å². The molecule has 0 saturated heterocycles. The fraction of sp³-hybridized carbons (Fsp3) is 0.481. The minimum atomic E-state index is -4.00. The van der Waals surface area contributed by atoms with Crippen LogP contribution in [-0.4, -0.2) is 75.2 Å². The smallest absolute Gasteiger partial charge is 0.475 e. The number of rotatable bonds is 13. The van der Waals surface area contributed by atoms with Gasteiger partial charge in [0, 0.05) is 6.54 Å². The second-order valence-corrected chi connectivity index (χ2v) is 11.1. The van der Waals surface area contributed by atoms with Crippen molar-refractivity contribution in [2.24, 2.45) is 11.1 Å². The lowest BCUT2D eigenvalue weighted by Crippen LogP contribution is -2.56. The molecule has 1 saturated carbocycles. The molecule has 0 heterocycles. The molecule has 0 bridgehead atoms. The van der Waals surface area contributed by atoms with E-state index in [2.05, 4.69) is 10.6 Å². The Bertz CT molecular complexity index is 1220. The molecule has 226 valence electrons. The first-order chi connectivity index (χ1) is 19.5. The maximum Gasteiger partial charge on any atom is 0.475 e. The van der Waals surface area contributed by atoms with E-state index < -0.39 is 34.5 Å². The zero-order valence-electron chi connectivity index (χ0n) is 23.4. The summed E-state index contributed by atoms with van der Waals surface area (Å²) in [5, 5.41) is 24.7. The zero-order chi connectivity index (χ0) is 30.5. The highest BCUT2D eigenvalue weighted by atomic mass is 32.2. The van der Waals surface area contributed by atoms with E-state index in [0.717, 1.165) is 18.4 Å². The molecule has 0 radical (unpaired) electrons. The molecular weight excluding hydrogens is 553 g/mol. The van der Waals surface area contributed by atoms with Crippen LogP contribution in [0.3, 0.4) is 0 Å². The monoisotopic (exact) mass is 593 g/mol. The van der Waals surface area contributed by atoms with Crippen LogP contribution in [0.1, 0.15) is 44.1 Å². The lowest BCUT2D eigenvalue weighted by molar-refractivity contribution is -0.143. The molecule has 2 aromatic carbocycles. The first-order valence-corrected chi connectivity index (χ1v) is 14.8. The third-order valence-electron chi connectivity index (χ3n) is 6.91. The summed E-state index contributed by atoms with van der Waals surface area (Å²) in [6, 6.07) is 13.0. The predicted molar refractivity (Wildman–Crippen MR) is 154 cm³/mol. The number of nitrogens with one attached hydrogen (secondary N) is 2. The van der Waals surface area contributed by atoms with Gasteiger partial charge in [-0.1, -0.05) is 37.1 Å². The molecule has 1 unspecified atom stereocenters. The van der Waals surface area contributed by atoms with Gasteiger partial charge in [0.2, 0.25) is 11.8 Å². The molecule has 0 spiro atoms. The summed E-state index contributed by atoms with van der Waals surface area (Å²) in [6.07, 6.45) is 3.85. The van der Waals surface area contributed by atoms with Crippen LogP contribution in [0, 0.1) is 5.41 Å². The lowest BCUT2D eigenvalue weighted by atomic mass is 9.75. The summed E-state index contributed by atoms with van der Waals surface area (Å²) in [7, 11) is -2.57. The van der Waals surface area contributed by atoms with E-state index in [1.54, 1.807) is 32.4 Å². The maximum absolute atomic E-state index is 13.0. The van der Waals surface area contributed by atoms with Crippen LogP contribution in [0.25, 0.3) is 0 Å². The van der Waals surface area contributed by atoms with Crippen molar-refractivity contribution >= 4 is 29.1 Å². The number of benzene rings is 2. The first kappa shape index (κ1) is 34.0. The molecule has 1 fully saturated rings. The van der Waals surface area contributed by atoms with Crippen LogP contribution in [0.4, 0.5) is 0 Å². The molecule has 7 N–H and O–H groups in total. The molecular formula is C27H40BN3O9S. The van der Waals surface area contributed by atoms with E-state index in [9.17, 15) is 28.1 Å². The molecule has 1 aliphatic carbocycles. The Morgan fingerprint density at radius 3 is 2.17 bits per heavy atom. The number of amides is 2. The van der Waals surface area contributed by atoms with Crippen molar-refractivity contribution < 1.29 is 42.1 Å². The van der Waals surface area contributed by atoms with Crippen LogP contribution in [0.5, 0.6) is 11.5 Å². The van der Waals surface area contributed by atoms with Gasteiger partial charge < -0.3 is 35.9 Å². The Labute approximate surface area is 241 Å². The maximum atomic E-state index is 13.0. The Hall–Kier alpha value is -3.17. The Morgan fingerprint density at radius 2 is 1.66 bits per heavy atom. The second kappa shape index (κ2) is 16.3. The van der Waals surface area contributed by atoms with Gasteiger partial charge in [0.25, 0.3) is 10.1 Å². The van der Waals surface area contributed by atoms with Gasteiger partial charge in [-0.2, -0.15) is 8.42 Å². The SMILES string of the molecule is COc1ccc(CCNC(=O)C2(C(=O)NC(CCCN)B(O)O)CCCC2)cc1OC.O=S(=O)(O)c1ccccc1. The van der Waals surface area contributed by atoms with E-state index in [1.165, 1.54) is 12.1 Å². The van der Waals surface area contributed by atoms with Crippen molar-refractivity contribution in [2.75, 3.05) is 27.3 Å². The standard InChI is InChI=1S/C21H34BN3O6.C6H6O3S/c1-30-16-8-7-15(14-17(16)31-2)9-13-24-19(26)21(10-3-4-11-21)20(27)25-18(22(28)29)6-5-12-23;7-10(8,9)6-4-2-1-3-5-6/h7-8,14,18,28-29H,3-6,9-13,23H2,1-2H3,(H,24,26)(H,25,27);1-5H,(H,7,8,9). The van der Waals surface area contributed by atoms with Crippen LogP contribution in [0.15, 0.2) is 53.4 Å². The summed E-state index contributed by atoms with van der Waals surface area (Å²) in [5.41, 5.74) is 5.27. The molecule has 1 atom stereocenters. The lowest BCUT2D eigenvalue weighted by Gasteiger charge is -2.29. The topological polar surface area (TPSA) is 198 Å². The molecule has 12 nitrogen and oxygen atoms in total. The fourth-order valence-corrected chi connectivity index (χ4v) is 5.10. The van der Waals surface area contributed by atoms with Crippen molar-refractivity contribution in [1.82, 2.24) is 10.6 Å². The van der Waals surface area contributed by atoms with E-state index in [4.69, 9.17) is 19.8 Å². The Balaban J connectivity index is 0.000000493. The summed E-state index contributed by atoms with van der Waals surface area (Å²) in [4.78, 5) is 26.0. The summed E-state index contributed by atoms with van der Waals surface area (Å²) in [6.45, 7) is 0.740. The minimum Gasteiger partial charge on any atom is -0.493 e. The molecule has 2 aromatic rings. The van der Waals surface area contributed by atoms with Gasteiger partial charge in [0.1, 0.15) is 5.41 Å². The normalized spacial score (nSPS) is 14.7. The molecule has 14 heteroatoms. The number of carbonyl (C=O) groups is 2. The third-order valence-corrected chi connectivity index (χ3v) is 7.78. The highest BCUT2D eigenvalue weighted by Crippen LogP contribution is 2.39. The zero-order valence-corrected chi connectivity index (χ0v) is 24.2. The number of hydrogen-bond donors (Lipinski definition) is 6. The van der Waals surface area contributed by atoms with Crippen molar-refractivity contribution in [2.45, 2.75) is 55.8 Å². The van der Waals surface area contributed by atoms with Crippen LogP contribution < -0.4 is 25.8 Å². The van der Waals surface area contributed by atoms with E-state index in [-0.39, 0.29) is 10.8 Å². The molecule has 2 amide bonds. The van der Waals surface area contributed by atoms with Gasteiger partial charge in [0.05, 0.1) is 25.1 Å². The molecule has 41 heavy (non-hydrogen) atoms. The quantitative estimate of drug-likeness (QED) is 0.111. The average Bonchev–Trinajstić information content (AvgIpc) is 3.47. The summed E-state index contributed by atoms with van der Waals surface area (Å²) in [5.74, 6) is -0.388. The molecule has 3 rings (SSSR count). The largest absolute Gasteiger partial charge is 0.493 e. The molecule has 0 aromatic heterocycles. The number of nitrogens with two attached hydrogens (primary N) is 1. The number of ether oxygens (including phenoxy) is 2. The molecule has 1 aliphatic rings. The third kappa shape index (κ3) is 10.0. The molecule has 0 aliphatic heterocycles.